The van der Waals surface area contributed by atoms with E-state index in [1.807, 2.05) is 24.3 Å². The summed E-state index contributed by atoms with van der Waals surface area (Å²) in [4.78, 5) is 0. The van der Waals surface area contributed by atoms with Crippen LogP contribution in [0.5, 0.6) is 5.75 Å². The van der Waals surface area contributed by atoms with Crippen molar-refractivity contribution in [2.24, 2.45) is 5.92 Å². The van der Waals surface area contributed by atoms with Gasteiger partial charge in [0.15, 0.2) is 0 Å². The first-order valence-electron chi connectivity index (χ1n) is 7.37. The van der Waals surface area contributed by atoms with Gasteiger partial charge in [-0.15, -0.1) is 0 Å². The Balaban J connectivity index is 2.32. The molecule has 3 nitrogen and oxygen atoms in total. The fraction of sp³-hybridized carbons (Fsp3) is 0.625. The highest BCUT2D eigenvalue weighted by Crippen LogP contribution is 2.41. The quantitative estimate of drug-likeness (QED) is 0.858. The largest absolute Gasteiger partial charge is 0.493 e. The van der Waals surface area contributed by atoms with E-state index < -0.39 is 5.60 Å². The summed E-state index contributed by atoms with van der Waals surface area (Å²) >= 11 is 0. The molecule has 0 saturated carbocycles. The number of hydrogen-bond donors (Lipinski definition) is 2. The topological polar surface area (TPSA) is 41.5 Å². The van der Waals surface area contributed by atoms with Crippen molar-refractivity contribution in [1.82, 2.24) is 5.32 Å². The van der Waals surface area contributed by atoms with Gasteiger partial charge in [-0.05, 0) is 31.9 Å². The molecule has 2 atom stereocenters. The smallest absolute Gasteiger partial charge is 0.125 e. The number of piperidine rings is 1. The van der Waals surface area contributed by atoms with Crippen molar-refractivity contribution in [2.75, 3.05) is 19.7 Å². The molecule has 0 bridgehead atoms. The number of aliphatic hydroxyl groups is 1. The Kier molecular flexibility index (Phi) is 4.83. The second kappa shape index (κ2) is 6.40. The van der Waals surface area contributed by atoms with E-state index in [0.717, 1.165) is 43.7 Å². The Morgan fingerprint density at radius 2 is 2.16 bits per heavy atom. The molecule has 2 rings (SSSR count). The Bertz CT molecular complexity index is 407. The molecular formula is C16H25NO2. The van der Waals surface area contributed by atoms with Gasteiger partial charge < -0.3 is 15.2 Å². The van der Waals surface area contributed by atoms with Crippen molar-refractivity contribution in [3.63, 3.8) is 0 Å². The highest BCUT2D eigenvalue weighted by molar-refractivity contribution is 5.39. The average Bonchev–Trinajstić information content (AvgIpc) is 2.46. The third kappa shape index (κ3) is 2.93. The van der Waals surface area contributed by atoms with Crippen molar-refractivity contribution < 1.29 is 9.84 Å². The van der Waals surface area contributed by atoms with Crippen LogP contribution < -0.4 is 10.1 Å². The van der Waals surface area contributed by atoms with Gasteiger partial charge in [0.1, 0.15) is 5.75 Å². The molecular weight excluding hydrogens is 238 g/mol. The highest BCUT2D eigenvalue weighted by atomic mass is 16.5. The predicted octanol–water partition coefficient (Wildman–Crippen LogP) is 2.68. The number of benzene rings is 1. The standard InChI is InChI=1S/C16H25NO2/c1-3-11-19-15-8-6-5-7-14(15)16(18)9-10-17-12-13(16)4-2/h5-8,13,17-18H,3-4,9-12H2,1-2H3. The molecule has 1 aliphatic rings. The lowest BCUT2D eigenvalue weighted by atomic mass is 9.75. The van der Waals surface area contributed by atoms with E-state index in [0.29, 0.717) is 6.61 Å². The SMILES string of the molecule is CCCOc1ccccc1C1(O)CCNCC1CC. The van der Waals surface area contributed by atoms with Crippen molar-refractivity contribution in [2.45, 2.75) is 38.7 Å². The number of para-hydroxylation sites is 1. The summed E-state index contributed by atoms with van der Waals surface area (Å²) in [5, 5.41) is 14.5. The molecule has 3 heteroatoms. The second-order valence-electron chi connectivity index (χ2n) is 5.33. The number of rotatable bonds is 5. The Morgan fingerprint density at radius 3 is 2.89 bits per heavy atom. The maximum Gasteiger partial charge on any atom is 0.125 e. The minimum atomic E-state index is -0.760. The first-order chi connectivity index (χ1) is 9.22. The molecule has 19 heavy (non-hydrogen) atoms. The fourth-order valence-electron chi connectivity index (χ4n) is 2.93. The van der Waals surface area contributed by atoms with Gasteiger partial charge in [0.2, 0.25) is 0 Å². The van der Waals surface area contributed by atoms with Crippen LogP contribution in [0, 0.1) is 5.92 Å². The molecule has 0 spiro atoms. The van der Waals surface area contributed by atoms with Crippen LogP contribution in [0.25, 0.3) is 0 Å². The van der Waals surface area contributed by atoms with Gasteiger partial charge in [-0.2, -0.15) is 0 Å². The van der Waals surface area contributed by atoms with Gasteiger partial charge in [-0.1, -0.05) is 32.0 Å². The van der Waals surface area contributed by atoms with Crippen LogP contribution in [0.2, 0.25) is 0 Å². The fourth-order valence-corrected chi connectivity index (χ4v) is 2.93. The summed E-state index contributed by atoms with van der Waals surface area (Å²) in [6.45, 7) is 6.65. The average molecular weight is 263 g/mol. The van der Waals surface area contributed by atoms with E-state index in [1.165, 1.54) is 0 Å². The van der Waals surface area contributed by atoms with Crippen molar-refractivity contribution in [3.8, 4) is 5.75 Å². The minimum absolute atomic E-state index is 0.243. The molecule has 1 saturated heterocycles. The Hall–Kier alpha value is -1.06. The first kappa shape index (κ1) is 14.4. The first-order valence-corrected chi connectivity index (χ1v) is 7.37. The molecule has 1 heterocycles. The van der Waals surface area contributed by atoms with Gasteiger partial charge in [0.05, 0.1) is 12.2 Å². The number of nitrogens with one attached hydrogen (secondary N) is 1. The van der Waals surface area contributed by atoms with Gasteiger partial charge in [0.25, 0.3) is 0 Å². The van der Waals surface area contributed by atoms with Crippen LogP contribution in [0.4, 0.5) is 0 Å². The lowest BCUT2D eigenvalue weighted by Crippen LogP contribution is -2.48. The summed E-state index contributed by atoms with van der Waals surface area (Å²) in [7, 11) is 0. The Labute approximate surface area is 116 Å². The molecule has 1 aromatic carbocycles. The maximum absolute atomic E-state index is 11.2. The van der Waals surface area contributed by atoms with Crippen molar-refractivity contribution >= 4 is 0 Å². The summed E-state index contributed by atoms with van der Waals surface area (Å²) in [6, 6.07) is 7.94. The highest BCUT2D eigenvalue weighted by Gasteiger charge is 2.41. The van der Waals surface area contributed by atoms with Gasteiger partial charge in [-0.25, -0.2) is 0 Å². The third-order valence-electron chi connectivity index (χ3n) is 4.06. The van der Waals surface area contributed by atoms with E-state index in [-0.39, 0.29) is 5.92 Å². The number of hydrogen-bond acceptors (Lipinski definition) is 3. The molecule has 0 amide bonds. The normalized spacial score (nSPS) is 27.2. The zero-order valence-corrected chi connectivity index (χ0v) is 12.0. The lowest BCUT2D eigenvalue weighted by Gasteiger charge is -2.41. The van der Waals surface area contributed by atoms with Crippen LogP contribution in [-0.2, 0) is 5.60 Å². The van der Waals surface area contributed by atoms with E-state index in [9.17, 15) is 5.11 Å². The monoisotopic (exact) mass is 263 g/mol. The van der Waals surface area contributed by atoms with E-state index in [1.54, 1.807) is 0 Å². The van der Waals surface area contributed by atoms with E-state index in [4.69, 9.17) is 4.74 Å². The molecule has 106 valence electrons. The van der Waals surface area contributed by atoms with Crippen LogP contribution >= 0.6 is 0 Å². The molecule has 1 aliphatic heterocycles. The summed E-state index contributed by atoms with van der Waals surface area (Å²) in [5.41, 5.74) is 0.196. The van der Waals surface area contributed by atoms with Crippen molar-refractivity contribution in [1.29, 1.82) is 0 Å². The summed E-state index contributed by atoms with van der Waals surface area (Å²) < 4.78 is 5.82. The molecule has 1 aromatic rings. The van der Waals surface area contributed by atoms with E-state index >= 15 is 0 Å². The third-order valence-corrected chi connectivity index (χ3v) is 4.06. The summed E-state index contributed by atoms with van der Waals surface area (Å²) in [6.07, 6.45) is 2.69. The summed E-state index contributed by atoms with van der Waals surface area (Å²) in [5.74, 6) is 1.08. The molecule has 2 N–H and O–H groups in total. The molecule has 0 aromatic heterocycles. The zero-order valence-electron chi connectivity index (χ0n) is 12.0. The lowest BCUT2D eigenvalue weighted by molar-refractivity contribution is -0.0496. The van der Waals surface area contributed by atoms with Gasteiger partial charge >= 0.3 is 0 Å². The van der Waals surface area contributed by atoms with Gasteiger partial charge in [-0.3, -0.25) is 0 Å². The van der Waals surface area contributed by atoms with Crippen LogP contribution in [-0.4, -0.2) is 24.8 Å². The van der Waals surface area contributed by atoms with Crippen LogP contribution in [0.15, 0.2) is 24.3 Å². The Morgan fingerprint density at radius 1 is 1.37 bits per heavy atom. The predicted molar refractivity (Wildman–Crippen MR) is 77.4 cm³/mol. The van der Waals surface area contributed by atoms with E-state index in [2.05, 4.69) is 19.2 Å². The van der Waals surface area contributed by atoms with Crippen LogP contribution in [0.3, 0.4) is 0 Å². The maximum atomic E-state index is 11.2. The van der Waals surface area contributed by atoms with Crippen LogP contribution in [0.1, 0.15) is 38.7 Å². The molecule has 1 fully saturated rings. The second-order valence-corrected chi connectivity index (χ2v) is 5.33. The molecule has 0 radical (unpaired) electrons. The van der Waals surface area contributed by atoms with Gasteiger partial charge in [0, 0.05) is 18.0 Å². The van der Waals surface area contributed by atoms with Crippen molar-refractivity contribution in [3.05, 3.63) is 29.8 Å². The zero-order chi connectivity index (χ0) is 13.7. The molecule has 0 aliphatic carbocycles. The molecule has 2 unspecified atom stereocenters. The number of ether oxygens (including phenoxy) is 1. The minimum Gasteiger partial charge on any atom is -0.493 e.